The molecule has 0 fully saturated rings. The van der Waals surface area contributed by atoms with Crippen LogP contribution in [0.3, 0.4) is 0 Å². The molecule has 0 saturated carbocycles. The van der Waals surface area contributed by atoms with Gasteiger partial charge in [0.05, 0.1) is 0 Å². The molecule has 0 unspecified atom stereocenters. The molecule has 0 radical (unpaired) electrons. The zero-order chi connectivity index (χ0) is 9.35. The smallest absolute Gasteiger partial charge is 0.170 e. The van der Waals surface area contributed by atoms with Crippen LogP contribution < -0.4 is 5.73 Å². The van der Waals surface area contributed by atoms with Gasteiger partial charge < -0.3 is 10.3 Å². The van der Waals surface area contributed by atoms with Gasteiger partial charge in [0, 0.05) is 11.8 Å². The molecule has 0 aliphatic heterocycles. The number of hydrogen-bond acceptors (Lipinski definition) is 5. The Morgan fingerprint density at radius 2 is 2.17 bits per heavy atom. The van der Waals surface area contributed by atoms with Crippen molar-refractivity contribution in [3.63, 3.8) is 0 Å². The van der Waals surface area contributed by atoms with Crippen LogP contribution in [0.25, 0.3) is 0 Å². The van der Waals surface area contributed by atoms with Crippen molar-refractivity contribution in [3.8, 4) is 0 Å². The van der Waals surface area contributed by atoms with Crippen molar-refractivity contribution < 1.29 is 12.9 Å². The van der Waals surface area contributed by atoms with E-state index >= 15 is 0 Å². The van der Waals surface area contributed by atoms with Crippen molar-refractivity contribution in [1.82, 2.24) is 5.16 Å². The van der Waals surface area contributed by atoms with Gasteiger partial charge in [-0.25, -0.2) is 8.42 Å². The molecule has 12 heavy (non-hydrogen) atoms. The summed E-state index contributed by atoms with van der Waals surface area (Å²) in [6, 6.07) is 0. The maximum absolute atomic E-state index is 10.8. The standard InChI is InChI=1S/C6H10N2O3S/c1-4-5(3-12(2,9)10)11-8-6(4)7/h3H2,1-2H3,(H2,7,8). The van der Waals surface area contributed by atoms with Crippen LogP contribution in [0.2, 0.25) is 0 Å². The second-order valence-electron chi connectivity index (χ2n) is 2.69. The average Bonchev–Trinajstić information content (AvgIpc) is 2.16. The maximum atomic E-state index is 10.8. The minimum Gasteiger partial charge on any atom is -0.381 e. The van der Waals surface area contributed by atoms with Crippen molar-refractivity contribution in [2.75, 3.05) is 12.0 Å². The maximum Gasteiger partial charge on any atom is 0.170 e. The number of anilines is 1. The van der Waals surface area contributed by atoms with Crippen LogP contribution >= 0.6 is 0 Å². The Morgan fingerprint density at radius 1 is 1.58 bits per heavy atom. The highest BCUT2D eigenvalue weighted by Gasteiger charge is 2.14. The summed E-state index contributed by atoms with van der Waals surface area (Å²) in [4.78, 5) is 0. The third kappa shape index (κ3) is 1.97. The molecule has 1 heterocycles. The molecule has 68 valence electrons. The van der Waals surface area contributed by atoms with Crippen molar-refractivity contribution >= 4 is 15.7 Å². The van der Waals surface area contributed by atoms with Gasteiger partial charge in [-0.15, -0.1) is 0 Å². The monoisotopic (exact) mass is 190 g/mol. The Kier molecular flexibility index (Phi) is 2.10. The fourth-order valence-corrected chi connectivity index (χ4v) is 1.50. The van der Waals surface area contributed by atoms with Crippen molar-refractivity contribution in [1.29, 1.82) is 0 Å². The Labute approximate surface area is 70.5 Å². The molecule has 1 aromatic rings. The second-order valence-corrected chi connectivity index (χ2v) is 4.83. The summed E-state index contributed by atoms with van der Waals surface area (Å²) in [6.07, 6.45) is 1.13. The van der Waals surface area contributed by atoms with Crippen LogP contribution in [0.4, 0.5) is 5.82 Å². The molecule has 0 spiro atoms. The van der Waals surface area contributed by atoms with Crippen molar-refractivity contribution in [2.45, 2.75) is 12.7 Å². The van der Waals surface area contributed by atoms with Gasteiger partial charge in [-0.2, -0.15) is 0 Å². The highest BCUT2D eigenvalue weighted by atomic mass is 32.2. The van der Waals surface area contributed by atoms with Gasteiger partial charge >= 0.3 is 0 Å². The van der Waals surface area contributed by atoms with Crippen molar-refractivity contribution in [2.24, 2.45) is 0 Å². The number of nitrogens with two attached hydrogens (primary N) is 1. The van der Waals surface area contributed by atoms with E-state index < -0.39 is 9.84 Å². The molecule has 6 heteroatoms. The van der Waals surface area contributed by atoms with Gasteiger partial charge in [-0.1, -0.05) is 5.16 Å². The fraction of sp³-hybridized carbons (Fsp3) is 0.500. The lowest BCUT2D eigenvalue weighted by atomic mass is 10.3. The highest BCUT2D eigenvalue weighted by Crippen LogP contribution is 2.16. The quantitative estimate of drug-likeness (QED) is 0.715. The van der Waals surface area contributed by atoms with E-state index in [4.69, 9.17) is 10.3 Å². The van der Waals surface area contributed by atoms with E-state index in [9.17, 15) is 8.42 Å². The molecule has 0 saturated heterocycles. The normalized spacial score (nSPS) is 11.8. The number of aromatic nitrogens is 1. The SMILES string of the molecule is Cc1c(N)noc1CS(C)(=O)=O. The summed E-state index contributed by atoms with van der Waals surface area (Å²) in [7, 11) is -3.08. The predicted molar refractivity (Wildman–Crippen MR) is 44.2 cm³/mol. The molecule has 0 atom stereocenters. The molecule has 5 nitrogen and oxygen atoms in total. The number of hydrogen-bond donors (Lipinski definition) is 1. The lowest BCUT2D eigenvalue weighted by Crippen LogP contribution is -2.01. The van der Waals surface area contributed by atoms with E-state index in [2.05, 4.69) is 5.16 Å². The Bertz CT molecular complexity index is 379. The summed E-state index contributed by atoms with van der Waals surface area (Å²) < 4.78 is 26.4. The molecular formula is C6H10N2O3S. The largest absolute Gasteiger partial charge is 0.381 e. The zero-order valence-electron chi connectivity index (χ0n) is 6.86. The summed E-state index contributed by atoms with van der Waals surface area (Å²) in [5, 5.41) is 3.44. The van der Waals surface area contributed by atoms with Crippen LogP contribution in [0.1, 0.15) is 11.3 Å². The molecule has 0 aromatic carbocycles. The van der Waals surface area contributed by atoms with Gasteiger partial charge in [-0.05, 0) is 6.92 Å². The number of sulfone groups is 1. The molecule has 0 aliphatic rings. The van der Waals surface area contributed by atoms with Gasteiger partial charge in [0.15, 0.2) is 21.4 Å². The first-order chi connectivity index (χ1) is 5.40. The lowest BCUT2D eigenvalue weighted by molar-refractivity contribution is 0.394. The molecule has 0 bridgehead atoms. The van der Waals surface area contributed by atoms with E-state index in [1.165, 1.54) is 0 Å². The third-order valence-corrected chi connectivity index (χ3v) is 2.24. The number of rotatable bonds is 2. The number of nitrogen functional groups attached to an aromatic ring is 1. The summed E-state index contributed by atoms with van der Waals surface area (Å²) in [5.74, 6) is 0.409. The molecule has 1 rings (SSSR count). The minimum atomic E-state index is -3.08. The minimum absolute atomic E-state index is 0.150. The van der Waals surface area contributed by atoms with Gasteiger partial charge in [-0.3, -0.25) is 0 Å². The van der Waals surface area contributed by atoms with Crippen LogP contribution in [-0.2, 0) is 15.6 Å². The summed E-state index contributed by atoms with van der Waals surface area (Å²) in [5.41, 5.74) is 5.96. The first-order valence-electron chi connectivity index (χ1n) is 3.28. The van der Waals surface area contributed by atoms with Crippen LogP contribution in [0.5, 0.6) is 0 Å². The highest BCUT2D eigenvalue weighted by molar-refractivity contribution is 7.89. The molecule has 2 N–H and O–H groups in total. The summed E-state index contributed by atoms with van der Waals surface area (Å²) in [6.45, 7) is 1.67. The van der Waals surface area contributed by atoms with E-state index in [0.717, 1.165) is 6.26 Å². The Hall–Kier alpha value is -1.04. The summed E-state index contributed by atoms with van der Waals surface area (Å²) >= 11 is 0. The topological polar surface area (TPSA) is 86.2 Å². The van der Waals surface area contributed by atoms with Crippen LogP contribution in [0, 0.1) is 6.92 Å². The lowest BCUT2D eigenvalue weighted by Gasteiger charge is -1.93. The van der Waals surface area contributed by atoms with E-state index in [0.29, 0.717) is 11.3 Å². The molecule has 0 aliphatic carbocycles. The van der Waals surface area contributed by atoms with Crippen molar-refractivity contribution in [3.05, 3.63) is 11.3 Å². The second kappa shape index (κ2) is 2.78. The first kappa shape index (κ1) is 9.05. The van der Waals surface area contributed by atoms with Crippen LogP contribution in [0.15, 0.2) is 4.52 Å². The average molecular weight is 190 g/mol. The van der Waals surface area contributed by atoms with Gasteiger partial charge in [0.1, 0.15) is 5.75 Å². The zero-order valence-corrected chi connectivity index (χ0v) is 7.68. The van der Waals surface area contributed by atoms with E-state index in [1.54, 1.807) is 6.92 Å². The Morgan fingerprint density at radius 3 is 2.50 bits per heavy atom. The third-order valence-electron chi connectivity index (χ3n) is 1.45. The van der Waals surface area contributed by atoms with E-state index in [1.807, 2.05) is 0 Å². The molecule has 0 amide bonds. The fourth-order valence-electron chi connectivity index (χ4n) is 0.757. The predicted octanol–water partition coefficient (Wildman–Crippen LogP) is 0.110. The first-order valence-corrected chi connectivity index (χ1v) is 5.34. The van der Waals surface area contributed by atoms with Gasteiger partial charge in [0.25, 0.3) is 0 Å². The van der Waals surface area contributed by atoms with Gasteiger partial charge in [0.2, 0.25) is 0 Å². The van der Waals surface area contributed by atoms with Crippen LogP contribution in [-0.4, -0.2) is 19.8 Å². The van der Waals surface area contributed by atoms with E-state index in [-0.39, 0.29) is 11.6 Å². The number of nitrogens with zero attached hydrogens (tertiary/aromatic N) is 1. The molecule has 1 aromatic heterocycles. The Balaban J connectivity index is 2.99. The molecular weight excluding hydrogens is 180 g/mol.